The molecular formula is C16H23N. The van der Waals surface area contributed by atoms with Gasteiger partial charge in [-0.05, 0) is 43.9 Å². The number of hydrogen-bond donors (Lipinski definition) is 0. The van der Waals surface area contributed by atoms with Crippen molar-refractivity contribution in [2.45, 2.75) is 40.5 Å². The average Bonchev–Trinajstić information content (AvgIpc) is 2.34. The van der Waals surface area contributed by atoms with E-state index in [-0.39, 0.29) is 0 Å². The van der Waals surface area contributed by atoms with Gasteiger partial charge in [-0.2, -0.15) is 0 Å². The Balaban J connectivity index is 3.08. The molecule has 0 aromatic rings. The first-order valence-electron chi connectivity index (χ1n) is 6.31. The fourth-order valence-corrected chi connectivity index (χ4v) is 2.00. The number of hydrogen-bond acceptors (Lipinski definition) is 1. The monoisotopic (exact) mass is 229 g/mol. The number of allylic oxidation sites excluding steroid dienone is 6. The predicted molar refractivity (Wildman–Crippen MR) is 76.3 cm³/mol. The fourth-order valence-electron chi connectivity index (χ4n) is 2.00. The maximum Gasteiger partial charge on any atom is 0.0435 e. The van der Waals surface area contributed by atoms with Crippen molar-refractivity contribution in [2.75, 3.05) is 0 Å². The molecule has 0 atom stereocenters. The Morgan fingerprint density at radius 2 is 2.00 bits per heavy atom. The van der Waals surface area contributed by atoms with Crippen LogP contribution in [0.2, 0.25) is 0 Å². The Hall–Kier alpha value is -1.50. The molecule has 0 saturated carbocycles. The van der Waals surface area contributed by atoms with Crippen LogP contribution in [0.5, 0.6) is 0 Å². The van der Waals surface area contributed by atoms with Crippen LogP contribution in [0.4, 0.5) is 0 Å². The average molecular weight is 229 g/mol. The van der Waals surface area contributed by atoms with Crippen molar-refractivity contribution >= 4 is 0 Å². The van der Waals surface area contributed by atoms with Crippen LogP contribution in [0.3, 0.4) is 0 Å². The van der Waals surface area contributed by atoms with E-state index >= 15 is 0 Å². The first-order valence-corrected chi connectivity index (χ1v) is 6.31. The highest BCUT2D eigenvalue weighted by Gasteiger charge is 2.10. The second kappa shape index (κ2) is 6.29. The van der Waals surface area contributed by atoms with Gasteiger partial charge in [-0.25, -0.2) is 0 Å². The van der Waals surface area contributed by atoms with Crippen molar-refractivity contribution < 1.29 is 0 Å². The van der Waals surface area contributed by atoms with E-state index in [1.165, 1.54) is 22.4 Å². The van der Waals surface area contributed by atoms with E-state index in [0.717, 1.165) is 12.8 Å². The lowest BCUT2D eigenvalue weighted by atomic mass is 9.99. The Morgan fingerprint density at radius 3 is 2.47 bits per heavy atom. The smallest absolute Gasteiger partial charge is 0.0435 e. The highest BCUT2D eigenvalue weighted by molar-refractivity contribution is 5.46. The van der Waals surface area contributed by atoms with E-state index in [1.54, 1.807) is 0 Å². The maximum absolute atomic E-state index is 3.88. The summed E-state index contributed by atoms with van der Waals surface area (Å²) < 4.78 is 0. The SMILES string of the molecule is C=CN1C=C(/C(=C\CC)CC)C=CC1=C(C)C. The van der Waals surface area contributed by atoms with Gasteiger partial charge in [0.15, 0.2) is 0 Å². The Labute approximate surface area is 106 Å². The summed E-state index contributed by atoms with van der Waals surface area (Å²) in [6, 6.07) is 0. The predicted octanol–water partition coefficient (Wildman–Crippen LogP) is 4.93. The minimum absolute atomic E-state index is 1.07. The lowest BCUT2D eigenvalue weighted by Gasteiger charge is -2.24. The molecular weight excluding hydrogens is 206 g/mol. The second-order valence-electron chi connectivity index (χ2n) is 4.38. The third-order valence-electron chi connectivity index (χ3n) is 2.89. The third kappa shape index (κ3) is 3.23. The molecule has 1 heterocycles. The standard InChI is InChI=1S/C16H23N/c1-6-9-14(7-2)15-10-11-16(13(4)5)17(8-3)12-15/h8-12H,3,6-7H2,1-2,4-5H3/b14-9-. The van der Waals surface area contributed by atoms with Crippen LogP contribution in [-0.4, -0.2) is 4.90 Å². The lowest BCUT2D eigenvalue weighted by molar-refractivity contribution is 0.632. The topological polar surface area (TPSA) is 3.24 Å². The normalized spacial score (nSPS) is 16.0. The van der Waals surface area contributed by atoms with E-state index < -0.39 is 0 Å². The zero-order valence-electron chi connectivity index (χ0n) is 11.5. The molecule has 17 heavy (non-hydrogen) atoms. The molecule has 0 unspecified atom stereocenters. The Bertz CT molecular complexity index is 401. The van der Waals surface area contributed by atoms with Gasteiger partial charge in [-0.1, -0.05) is 38.2 Å². The molecule has 0 radical (unpaired) electrons. The summed E-state index contributed by atoms with van der Waals surface area (Å²) in [5, 5.41) is 0. The summed E-state index contributed by atoms with van der Waals surface area (Å²) in [5.41, 5.74) is 5.22. The van der Waals surface area contributed by atoms with Crippen LogP contribution in [0.25, 0.3) is 0 Å². The summed E-state index contributed by atoms with van der Waals surface area (Å²) in [6.45, 7) is 12.5. The highest BCUT2D eigenvalue weighted by atomic mass is 15.1. The first kappa shape index (κ1) is 13.6. The molecule has 0 aromatic heterocycles. The summed E-state index contributed by atoms with van der Waals surface area (Å²) in [4.78, 5) is 2.10. The first-order chi connectivity index (χ1) is 8.13. The van der Waals surface area contributed by atoms with Gasteiger partial charge < -0.3 is 4.90 Å². The van der Waals surface area contributed by atoms with E-state index in [2.05, 4.69) is 63.6 Å². The van der Waals surface area contributed by atoms with Crippen LogP contribution in [-0.2, 0) is 0 Å². The van der Waals surface area contributed by atoms with Crippen LogP contribution in [0.15, 0.2) is 59.6 Å². The zero-order valence-corrected chi connectivity index (χ0v) is 11.5. The summed E-state index contributed by atoms with van der Waals surface area (Å²) in [6.07, 6.45) is 12.9. The molecule has 0 aliphatic carbocycles. The molecule has 1 rings (SSSR count). The summed E-state index contributed by atoms with van der Waals surface area (Å²) >= 11 is 0. The molecule has 1 heteroatoms. The summed E-state index contributed by atoms with van der Waals surface area (Å²) in [5.74, 6) is 0. The maximum atomic E-state index is 3.88. The van der Waals surface area contributed by atoms with Crippen molar-refractivity contribution in [1.29, 1.82) is 0 Å². The van der Waals surface area contributed by atoms with Gasteiger partial charge in [0.2, 0.25) is 0 Å². The van der Waals surface area contributed by atoms with Crippen LogP contribution >= 0.6 is 0 Å². The van der Waals surface area contributed by atoms with Gasteiger partial charge in [-0.15, -0.1) is 0 Å². The van der Waals surface area contributed by atoms with Gasteiger partial charge in [0.1, 0.15) is 0 Å². The molecule has 0 N–H and O–H groups in total. The minimum atomic E-state index is 1.07. The van der Waals surface area contributed by atoms with Gasteiger partial charge in [0.25, 0.3) is 0 Å². The summed E-state index contributed by atoms with van der Waals surface area (Å²) in [7, 11) is 0. The zero-order chi connectivity index (χ0) is 12.8. The van der Waals surface area contributed by atoms with Crippen LogP contribution < -0.4 is 0 Å². The molecule has 0 fully saturated rings. The number of nitrogens with zero attached hydrogens (tertiary/aromatic N) is 1. The molecule has 0 saturated heterocycles. The van der Waals surface area contributed by atoms with Gasteiger partial charge in [0, 0.05) is 18.1 Å². The van der Waals surface area contributed by atoms with E-state index in [4.69, 9.17) is 0 Å². The van der Waals surface area contributed by atoms with Crippen molar-refractivity contribution in [3.8, 4) is 0 Å². The highest BCUT2D eigenvalue weighted by Crippen LogP contribution is 2.25. The van der Waals surface area contributed by atoms with E-state index in [9.17, 15) is 0 Å². The Morgan fingerprint density at radius 1 is 1.29 bits per heavy atom. The molecule has 1 aliphatic heterocycles. The molecule has 92 valence electrons. The number of rotatable bonds is 4. The van der Waals surface area contributed by atoms with Crippen LogP contribution in [0.1, 0.15) is 40.5 Å². The van der Waals surface area contributed by atoms with Crippen molar-refractivity contribution in [2.24, 2.45) is 0 Å². The van der Waals surface area contributed by atoms with Crippen molar-refractivity contribution in [3.63, 3.8) is 0 Å². The van der Waals surface area contributed by atoms with E-state index in [1.807, 2.05) is 6.20 Å². The van der Waals surface area contributed by atoms with Gasteiger partial charge in [-0.3, -0.25) is 0 Å². The van der Waals surface area contributed by atoms with Gasteiger partial charge >= 0.3 is 0 Å². The molecule has 1 aliphatic rings. The molecule has 0 amide bonds. The molecule has 0 aromatic carbocycles. The fraction of sp³-hybridized carbons (Fsp3) is 0.375. The minimum Gasteiger partial charge on any atom is -0.324 e. The second-order valence-corrected chi connectivity index (χ2v) is 4.38. The molecule has 0 bridgehead atoms. The largest absolute Gasteiger partial charge is 0.324 e. The Kier molecular flexibility index (Phi) is 5.02. The van der Waals surface area contributed by atoms with Crippen molar-refractivity contribution in [3.05, 3.63) is 59.6 Å². The third-order valence-corrected chi connectivity index (χ3v) is 2.89. The van der Waals surface area contributed by atoms with Crippen molar-refractivity contribution in [1.82, 2.24) is 4.90 Å². The van der Waals surface area contributed by atoms with Gasteiger partial charge in [0.05, 0.1) is 0 Å². The lowest BCUT2D eigenvalue weighted by Crippen LogP contribution is -2.13. The quantitative estimate of drug-likeness (QED) is 0.661. The molecule has 0 spiro atoms. The van der Waals surface area contributed by atoms with Crippen LogP contribution in [0, 0.1) is 0 Å². The molecule has 1 nitrogen and oxygen atoms in total. The van der Waals surface area contributed by atoms with E-state index in [0.29, 0.717) is 0 Å².